The normalized spacial score (nSPS) is 8.89. The summed E-state index contributed by atoms with van der Waals surface area (Å²) in [7, 11) is 0. The third-order valence-corrected chi connectivity index (χ3v) is 0.893. The number of hydrogen-bond donors (Lipinski definition) is 1. The quantitative estimate of drug-likeness (QED) is 0.395. The van der Waals surface area contributed by atoms with E-state index in [-0.39, 0.29) is 0 Å². The number of rotatable bonds is 6. The van der Waals surface area contributed by atoms with Crippen molar-refractivity contribution < 1.29 is 0 Å². The van der Waals surface area contributed by atoms with E-state index in [2.05, 4.69) is 28.7 Å². The topological polar surface area (TPSA) is 36.8 Å². The van der Waals surface area contributed by atoms with Crippen molar-refractivity contribution in [2.75, 3.05) is 26.2 Å². The zero-order chi connectivity index (χ0) is 6.95. The van der Waals surface area contributed by atoms with Crippen LogP contribution in [0.25, 0.3) is 0 Å². The Bertz CT molecular complexity index is 70.4. The molecule has 0 radical (unpaired) electrons. The summed E-state index contributed by atoms with van der Waals surface area (Å²) in [4.78, 5) is 7.35. The molecular weight excluding hydrogens is 114 g/mol. The molecule has 0 amide bonds. The zero-order valence-corrected chi connectivity index (χ0v) is 5.64. The molecule has 52 valence electrons. The van der Waals surface area contributed by atoms with Gasteiger partial charge in [0, 0.05) is 13.1 Å². The second-order valence-corrected chi connectivity index (χ2v) is 1.64. The Hall–Kier alpha value is -0.700. The van der Waals surface area contributed by atoms with Gasteiger partial charge in [-0.3, -0.25) is 9.98 Å². The Labute approximate surface area is 55.9 Å². The fraction of sp³-hybridized carbons (Fsp3) is 0.667. The van der Waals surface area contributed by atoms with Crippen molar-refractivity contribution in [3.8, 4) is 0 Å². The fourth-order valence-electron chi connectivity index (χ4n) is 0.441. The largest absolute Gasteiger partial charge is 0.313 e. The van der Waals surface area contributed by atoms with Gasteiger partial charge >= 0.3 is 0 Å². The van der Waals surface area contributed by atoms with Gasteiger partial charge in [-0.1, -0.05) is 0 Å². The van der Waals surface area contributed by atoms with Crippen LogP contribution in [-0.4, -0.2) is 39.6 Å². The Morgan fingerprint density at radius 2 is 1.44 bits per heavy atom. The summed E-state index contributed by atoms with van der Waals surface area (Å²) in [6.07, 6.45) is 0. The van der Waals surface area contributed by atoms with E-state index in [0.717, 1.165) is 26.2 Å². The van der Waals surface area contributed by atoms with Gasteiger partial charge in [0.25, 0.3) is 0 Å². The highest BCUT2D eigenvalue weighted by atomic mass is 14.9. The van der Waals surface area contributed by atoms with Gasteiger partial charge < -0.3 is 5.32 Å². The molecule has 0 fully saturated rings. The van der Waals surface area contributed by atoms with Crippen LogP contribution in [0.2, 0.25) is 0 Å². The van der Waals surface area contributed by atoms with Gasteiger partial charge in [0.2, 0.25) is 0 Å². The summed E-state index contributed by atoms with van der Waals surface area (Å²) in [5.74, 6) is 0. The van der Waals surface area contributed by atoms with E-state index in [0.29, 0.717) is 0 Å². The van der Waals surface area contributed by atoms with Crippen molar-refractivity contribution in [1.29, 1.82) is 0 Å². The van der Waals surface area contributed by atoms with Gasteiger partial charge in [0.15, 0.2) is 0 Å². The molecule has 0 aromatic carbocycles. The predicted octanol–water partition coefficient (Wildman–Crippen LogP) is -0.0228. The van der Waals surface area contributed by atoms with E-state index < -0.39 is 0 Å². The van der Waals surface area contributed by atoms with Crippen LogP contribution in [0.5, 0.6) is 0 Å². The molecular formula is C6H13N3. The minimum absolute atomic E-state index is 0.775. The average molecular weight is 127 g/mol. The van der Waals surface area contributed by atoms with Crippen molar-refractivity contribution in [1.82, 2.24) is 5.32 Å². The number of aliphatic imine (C=N–C) groups is 2. The van der Waals surface area contributed by atoms with Crippen molar-refractivity contribution >= 4 is 13.4 Å². The number of nitrogens with zero attached hydrogens (tertiary/aromatic N) is 2. The molecule has 0 aliphatic heterocycles. The van der Waals surface area contributed by atoms with Gasteiger partial charge in [0.05, 0.1) is 13.1 Å². The first-order valence-electron chi connectivity index (χ1n) is 2.97. The van der Waals surface area contributed by atoms with Crippen LogP contribution in [0.4, 0.5) is 0 Å². The van der Waals surface area contributed by atoms with Crippen LogP contribution in [0.1, 0.15) is 0 Å². The predicted molar refractivity (Wildman–Crippen MR) is 41.7 cm³/mol. The minimum Gasteiger partial charge on any atom is -0.313 e. The zero-order valence-electron chi connectivity index (χ0n) is 5.64. The summed E-state index contributed by atoms with van der Waals surface area (Å²) >= 11 is 0. The molecule has 0 saturated heterocycles. The third-order valence-electron chi connectivity index (χ3n) is 0.893. The van der Waals surface area contributed by atoms with E-state index in [1.54, 1.807) is 0 Å². The van der Waals surface area contributed by atoms with E-state index in [1.807, 2.05) is 0 Å². The maximum atomic E-state index is 3.67. The summed E-state index contributed by atoms with van der Waals surface area (Å²) in [6.45, 7) is 10.0. The van der Waals surface area contributed by atoms with Crippen LogP contribution in [-0.2, 0) is 0 Å². The summed E-state index contributed by atoms with van der Waals surface area (Å²) in [5, 5.41) is 3.12. The highest BCUT2D eigenvalue weighted by Crippen LogP contribution is 1.65. The summed E-state index contributed by atoms with van der Waals surface area (Å²) < 4.78 is 0. The lowest BCUT2D eigenvalue weighted by Gasteiger charge is -1.96. The maximum absolute atomic E-state index is 3.67. The fourth-order valence-corrected chi connectivity index (χ4v) is 0.441. The molecule has 0 aromatic heterocycles. The van der Waals surface area contributed by atoms with Crippen LogP contribution < -0.4 is 5.32 Å². The van der Waals surface area contributed by atoms with E-state index in [4.69, 9.17) is 0 Å². The lowest BCUT2D eigenvalue weighted by molar-refractivity contribution is 0.700. The molecule has 0 saturated carbocycles. The Morgan fingerprint density at radius 3 is 1.78 bits per heavy atom. The lowest BCUT2D eigenvalue weighted by atomic mass is 10.6. The van der Waals surface area contributed by atoms with Crippen molar-refractivity contribution in [2.45, 2.75) is 0 Å². The Morgan fingerprint density at radius 1 is 1.00 bits per heavy atom. The standard InChI is InChI=1S/C6H13N3/c1-7-3-5-9-6-4-8-2/h9H,1-6H2. The summed E-state index contributed by atoms with van der Waals surface area (Å²) in [5.41, 5.74) is 0. The highest BCUT2D eigenvalue weighted by Gasteiger charge is 1.80. The molecule has 1 N–H and O–H groups in total. The Kier molecular flexibility index (Phi) is 6.73. The molecule has 0 aliphatic carbocycles. The third kappa shape index (κ3) is 7.30. The second kappa shape index (κ2) is 7.30. The monoisotopic (exact) mass is 127 g/mol. The van der Waals surface area contributed by atoms with Crippen molar-refractivity contribution in [2.24, 2.45) is 9.98 Å². The first-order chi connectivity index (χ1) is 4.41. The van der Waals surface area contributed by atoms with Gasteiger partial charge in [-0.2, -0.15) is 0 Å². The molecule has 3 heteroatoms. The first-order valence-corrected chi connectivity index (χ1v) is 2.97. The van der Waals surface area contributed by atoms with E-state index >= 15 is 0 Å². The van der Waals surface area contributed by atoms with Crippen LogP contribution >= 0.6 is 0 Å². The minimum atomic E-state index is 0.775. The second-order valence-electron chi connectivity index (χ2n) is 1.64. The van der Waals surface area contributed by atoms with Crippen LogP contribution in [0.15, 0.2) is 9.98 Å². The molecule has 0 aromatic rings. The SMILES string of the molecule is C=NCCNCCN=C. The summed E-state index contributed by atoms with van der Waals surface area (Å²) in [6, 6.07) is 0. The number of nitrogens with one attached hydrogen (secondary N) is 1. The van der Waals surface area contributed by atoms with Crippen LogP contribution in [0.3, 0.4) is 0 Å². The molecule has 9 heavy (non-hydrogen) atoms. The molecule has 0 aliphatic rings. The molecule has 0 unspecified atom stereocenters. The van der Waals surface area contributed by atoms with Gasteiger partial charge in [-0.05, 0) is 13.4 Å². The Balaban J connectivity index is 2.74. The molecule has 3 nitrogen and oxygen atoms in total. The molecule has 0 atom stereocenters. The number of hydrogen-bond acceptors (Lipinski definition) is 3. The molecule has 0 rings (SSSR count). The maximum Gasteiger partial charge on any atom is 0.0507 e. The van der Waals surface area contributed by atoms with Crippen LogP contribution in [0, 0.1) is 0 Å². The van der Waals surface area contributed by atoms with E-state index in [9.17, 15) is 0 Å². The average Bonchev–Trinajstić information content (AvgIpc) is 1.89. The molecule has 0 spiro atoms. The molecule has 0 heterocycles. The smallest absolute Gasteiger partial charge is 0.0507 e. The lowest BCUT2D eigenvalue weighted by Crippen LogP contribution is -2.20. The van der Waals surface area contributed by atoms with Crippen molar-refractivity contribution in [3.05, 3.63) is 0 Å². The van der Waals surface area contributed by atoms with Gasteiger partial charge in [-0.25, -0.2) is 0 Å². The molecule has 0 bridgehead atoms. The first kappa shape index (κ1) is 8.30. The van der Waals surface area contributed by atoms with Gasteiger partial charge in [-0.15, -0.1) is 0 Å². The highest BCUT2D eigenvalue weighted by molar-refractivity contribution is 5.23. The van der Waals surface area contributed by atoms with Crippen molar-refractivity contribution in [3.63, 3.8) is 0 Å². The van der Waals surface area contributed by atoms with Gasteiger partial charge in [0.1, 0.15) is 0 Å². The van der Waals surface area contributed by atoms with E-state index in [1.165, 1.54) is 0 Å².